The smallest absolute Gasteiger partial charge is 0.326 e. The number of carboxylic acid groups (broad SMARTS) is 1. The van der Waals surface area contributed by atoms with Gasteiger partial charge in [0.1, 0.15) is 6.04 Å². The van der Waals surface area contributed by atoms with Crippen LogP contribution in [0.3, 0.4) is 0 Å². The molecule has 1 heterocycles. The Labute approximate surface area is 114 Å². The van der Waals surface area contributed by atoms with Crippen LogP contribution >= 0.6 is 0 Å². The van der Waals surface area contributed by atoms with Crippen molar-refractivity contribution in [2.24, 2.45) is 11.8 Å². The van der Waals surface area contributed by atoms with Crippen molar-refractivity contribution < 1.29 is 14.7 Å². The fourth-order valence-electron chi connectivity index (χ4n) is 3.28. The van der Waals surface area contributed by atoms with Gasteiger partial charge in [-0.25, -0.2) is 9.59 Å². The van der Waals surface area contributed by atoms with Gasteiger partial charge in [0.2, 0.25) is 0 Å². The summed E-state index contributed by atoms with van der Waals surface area (Å²) >= 11 is 0. The van der Waals surface area contributed by atoms with E-state index in [0.29, 0.717) is 31.3 Å². The molecule has 0 radical (unpaired) electrons. The quantitative estimate of drug-likeness (QED) is 0.823. The van der Waals surface area contributed by atoms with E-state index in [2.05, 4.69) is 12.2 Å². The van der Waals surface area contributed by atoms with Crippen molar-refractivity contribution in [3.05, 3.63) is 0 Å². The Morgan fingerprint density at radius 1 is 1.21 bits per heavy atom. The molecule has 108 valence electrons. The van der Waals surface area contributed by atoms with Gasteiger partial charge < -0.3 is 15.3 Å². The molecule has 2 rings (SSSR count). The predicted octanol–water partition coefficient (Wildman–Crippen LogP) is 2.07. The molecule has 2 aliphatic rings. The van der Waals surface area contributed by atoms with Crippen LogP contribution in [0.15, 0.2) is 0 Å². The number of amides is 2. The summed E-state index contributed by atoms with van der Waals surface area (Å²) in [6.07, 6.45) is 6.30. The molecule has 0 aromatic carbocycles. The van der Waals surface area contributed by atoms with Gasteiger partial charge in [0.25, 0.3) is 0 Å². The molecule has 5 nitrogen and oxygen atoms in total. The number of rotatable bonds is 3. The summed E-state index contributed by atoms with van der Waals surface area (Å²) in [5, 5.41) is 12.0. The molecule has 2 fully saturated rings. The average Bonchev–Trinajstić information content (AvgIpc) is 2.87. The molecule has 1 aliphatic carbocycles. The SMILES string of the molecule is CC1CCCCC1CNC(=O)N1CCC[C@@H]1C(=O)O. The summed E-state index contributed by atoms with van der Waals surface area (Å²) in [5.41, 5.74) is 0. The zero-order chi connectivity index (χ0) is 13.8. The van der Waals surface area contributed by atoms with Crippen LogP contribution in [0.4, 0.5) is 4.79 Å². The highest BCUT2D eigenvalue weighted by Gasteiger charge is 2.34. The number of aliphatic carboxylic acids is 1. The van der Waals surface area contributed by atoms with Crippen molar-refractivity contribution in [2.45, 2.75) is 51.5 Å². The molecule has 1 saturated carbocycles. The maximum Gasteiger partial charge on any atom is 0.326 e. The second kappa shape index (κ2) is 6.26. The van der Waals surface area contributed by atoms with Gasteiger partial charge in [-0.1, -0.05) is 26.2 Å². The summed E-state index contributed by atoms with van der Waals surface area (Å²) in [6, 6.07) is -0.841. The number of carbonyl (C=O) groups is 2. The van der Waals surface area contributed by atoms with E-state index in [4.69, 9.17) is 5.11 Å². The fraction of sp³-hybridized carbons (Fsp3) is 0.857. The van der Waals surface area contributed by atoms with Gasteiger partial charge in [-0.3, -0.25) is 0 Å². The minimum Gasteiger partial charge on any atom is -0.480 e. The van der Waals surface area contributed by atoms with E-state index in [-0.39, 0.29) is 6.03 Å². The number of nitrogens with one attached hydrogen (secondary N) is 1. The van der Waals surface area contributed by atoms with Crippen LogP contribution in [0, 0.1) is 11.8 Å². The highest BCUT2D eigenvalue weighted by molar-refractivity contribution is 5.83. The van der Waals surface area contributed by atoms with Crippen LogP contribution in [0.5, 0.6) is 0 Å². The van der Waals surface area contributed by atoms with Crippen LogP contribution in [-0.2, 0) is 4.79 Å². The summed E-state index contributed by atoms with van der Waals surface area (Å²) in [6.45, 7) is 3.48. The minimum absolute atomic E-state index is 0.206. The average molecular weight is 268 g/mol. The summed E-state index contributed by atoms with van der Waals surface area (Å²) in [5.74, 6) is 0.310. The van der Waals surface area contributed by atoms with Crippen molar-refractivity contribution in [3.8, 4) is 0 Å². The van der Waals surface area contributed by atoms with Gasteiger partial charge >= 0.3 is 12.0 Å². The summed E-state index contributed by atoms with van der Waals surface area (Å²) in [7, 11) is 0. The molecule has 1 aliphatic heterocycles. The molecule has 19 heavy (non-hydrogen) atoms. The van der Waals surface area contributed by atoms with E-state index in [9.17, 15) is 9.59 Å². The molecule has 2 N–H and O–H groups in total. The van der Waals surface area contributed by atoms with Crippen molar-refractivity contribution >= 4 is 12.0 Å². The second-order valence-electron chi connectivity index (χ2n) is 5.90. The van der Waals surface area contributed by atoms with Crippen LogP contribution in [0.1, 0.15) is 45.4 Å². The lowest BCUT2D eigenvalue weighted by Gasteiger charge is -2.30. The highest BCUT2D eigenvalue weighted by Crippen LogP contribution is 2.29. The lowest BCUT2D eigenvalue weighted by atomic mass is 9.80. The first-order valence-electron chi connectivity index (χ1n) is 7.37. The normalized spacial score (nSPS) is 31.2. The van der Waals surface area contributed by atoms with E-state index in [1.54, 1.807) is 0 Å². The Bertz CT molecular complexity index is 346. The standard InChI is InChI=1S/C14H24N2O3/c1-10-5-2-3-6-11(10)9-15-14(19)16-8-4-7-12(16)13(17)18/h10-12H,2-9H2,1H3,(H,15,19)(H,17,18)/t10?,11?,12-/m1/s1. The molecule has 0 aromatic rings. The van der Waals surface area contributed by atoms with E-state index in [0.717, 1.165) is 6.42 Å². The lowest BCUT2D eigenvalue weighted by Crippen LogP contribution is -2.47. The molecular formula is C14H24N2O3. The first kappa shape index (κ1) is 14.2. The maximum atomic E-state index is 12.1. The third kappa shape index (κ3) is 3.39. The third-order valence-electron chi connectivity index (χ3n) is 4.60. The van der Waals surface area contributed by atoms with Crippen LogP contribution < -0.4 is 5.32 Å². The molecule has 5 heteroatoms. The molecule has 2 amide bonds. The Morgan fingerprint density at radius 3 is 2.63 bits per heavy atom. The van der Waals surface area contributed by atoms with E-state index in [1.165, 1.54) is 30.6 Å². The zero-order valence-electron chi connectivity index (χ0n) is 11.6. The first-order chi connectivity index (χ1) is 9.09. The van der Waals surface area contributed by atoms with Crippen molar-refractivity contribution in [1.82, 2.24) is 10.2 Å². The maximum absolute atomic E-state index is 12.1. The lowest BCUT2D eigenvalue weighted by molar-refractivity contribution is -0.141. The van der Waals surface area contributed by atoms with Gasteiger partial charge in [0, 0.05) is 13.1 Å². The molecule has 2 unspecified atom stereocenters. The number of likely N-dealkylation sites (tertiary alicyclic amines) is 1. The van der Waals surface area contributed by atoms with Gasteiger partial charge in [-0.2, -0.15) is 0 Å². The fourth-order valence-corrected chi connectivity index (χ4v) is 3.28. The predicted molar refractivity (Wildman–Crippen MR) is 71.9 cm³/mol. The molecule has 3 atom stereocenters. The van der Waals surface area contributed by atoms with E-state index in [1.807, 2.05) is 0 Å². The monoisotopic (exact) mass is 268 g/mol. The Kier molecular flexibility index (Phi) is 4.66. The highest BCUT2D eigenvalue weighted by atomic mass is 16.4. The number of nitrogens with zero attached hydrogens (tertiary/aromatic N) is 1. The molecule has 0 bridgehead atoms. The number of carbonyl (C=O) groups excluding carboxylic acids is 1. The van der Waals surface area contributed by atoms with Gasteiger partial charge in [-0.05, 0) is 31.1 Å². The van der Waals surface area contributed by atoms with E-state index < -0.39 is 12.0 Å². The molecule has 0 spiro atoms. The number of hydrogen-bond donors (Lipinski definition) is 2. The number of hydrogen-bond acceptors (Lipinski definition) is 2. The third-order valence-corrected chi connectivity index (χ3v) is 4.60. The second-order valence-corrected chi connectivity index (χ2v) is 5.90. The van der Waals surface area contributed by atoms with E-state index >= 15 is 0 Å². The van der Waals surface area contributed by atoms with Crippen LogP contribution in [-0.4, -0.2) is 41.1 Å². The molecule has 1 saturated heterocycles. The van der Waals surface area contributed by atoms with Crippen LogP contribution in [0.25, 0.3) is 0 Å². The number of carboxylic acids is 1. The summed E-state index contributed by atoms with van der Waals surface area (Å²) in [4.78, 5) is 24.6. The van der Waals surface area contributed by atoms with Gasteiger partial charge in [0.15, 0.2) is 0 Å². The van der Waals surface area contributed by atoms with Crippen molar-refractivity contribution in [2.75, 3.05) is 13.1 Å². The topological polar surface area (TPSA) is 69.6 Å². The first-order valence-corrected chi connectivity index (χ1v) is 7.37. The van der Waals surface area contributed by atoms with Gasteiger partial charge in [0.05, 0.1) is 0 Å². The Morgan fingerprint density at radius 2 is 1.95 bits per heavy atom. The summed E-state index contributed by atoms with van der Waals surface area (Å²) < 4.78 is 0. The molecule has 0 aromatic heterocycles. The van der Waals surface area contributed by atoms with Crippen LogP contribution in [0.2, 0.25) is 0 Å². The van der Waals surface area contributed by atoms with Crippen molar-refractivity contribution in [3.63, 3.8) is 0 Å². The Balaban J connectivity index is 1.82. The molecular weight excluding hydrogens is 244 g/mol. The Hall–Kier alpha value is -1.26. The number of urea groups is 1. The minimum atomic E-state index is -0.890. The van der Waals surface area contributed by atoms with Crippen molar-refractivity contribution in [1.29, 1.82) is 0 Å². The van der Waals surface area contributed by atoms with Gasteiger partial charge in [-0.15, -0.1) is 0 Å². The zero-order valence-corrected chi connectivity index (χ0v) is 11.6. The largest absolute Gasteiger partial charge is 0.480 e.